The Balaban J connectivity index is 0.00000249. The molecule has 0 heterocycles. The van der Waals surface area contributed by atoms with Crippen molar-refractivity contribution in [1.29, 1.82) is 0 Å². The molecule has 0 spiro atoms. The van der Waals surface area contributed by atoms with Crippen LogP contribution >= 0.6 is 0 Å². The molecule has 0 amide bonds. The van der Waals surface area contributed by atoms with E-state index < -0.39 is 30.1 Å². The summed E-state index contributed by atoms with van der Waals surface area (Å²) in [6.45, 7) is 5.98. The summed E-state index contributed by atoms with van der Waals surface area (Å²) >= 11 is 0. The predicted molar refractivity (Wildman–Crippen MR) is 120 cm³/mol. The van der Waals surface area contributed by atoms with Gasteiger partial charge in [0, 0.05) is 0 Å². The molecular formula is C25H39F3O4. The molecule has 0 bridgehead atoms. The zero-order chi connectivity index (χ0) is 24.1. The van der Waals surface area contributed by atoms with Crippen LogP contribution in [0.3, 0.4) is 0 Å². The minimum Gasteiger partial charge on any atom is -0.491 e. The average Bonchev–Trinajstić information content (AvgIpc) is 3.04. The molecule has 2 rings (SSSR count). The maximum Gasteiger partial charge on any atom is 0.416 e. The van der Waals surface area contributed by atoms with E-state index in [4.69, 9.17) is 4.74 Å². The van der Waals surface area contributed by atoms with Crippen LogP contribution < -0.4 is 4.74 Å². The molecule has 0 radical (unpaired) electrons. The van der Waals surface area contributed by atoms with Crippen molar-refractivity contribution in [2.24, 2.45) is 11.8 Å². The normalized spacial score (nSPS) is 24.3. The Hall–Kier alpha value is -1.57. The van der Waals surface area contributed by atoms with Gasteiger partial charge in [0.05, 0.1) is 23.9 Å². The number of aliphatic hydroxyl groups excluding tert-OH is 3. The van der Waals surface area contributed by atoms with Gasteiger partial charge in [-0.05, 0) is 68.6 Å². The molecule has 1 saturated carbocycles. The molecule has 1 aliphatic carbocycles. The number of alkyl halides is 3. The van der Waals surface area contributed by atoms with Gasteiger partial charge in [0.25, 0.3) is 0 Å². The monoisotopic (exact) mass is 460 g/mol. The van der Waals surface area contributed by atoms with E-state index in [1.54, 1.807) is 0 Å². The number of hydrogen-bond donors (Lipinski definition) is 3. The molecule has 0 aliphatic heterocycles. The molecule has 7 heteroatoms. The van der Waals surface area contributed by atoms with Crippen LogP contribution in [0.2, 0.25) is 0 Å². The van der Waals surface area contributed by atoms with Gasteiger partial charge >= 0.3 is 6.18 Å². The summed E-state index contributed by atoms with van der Waals surface area (Å²) in [5.74, 6) is -0.0809. The van der Waals surface area contributed by atoms with E-state index in [0.717, 1.165) is 37.8 Å². The lowest BCUT2D eigenvalue weighted by Crippen LogP contribution is -2.25. The second-order valence-electron chi connectivity index (χ2n) is 8.10. The van der Waals surface area contributed by atoms with Crippen molar-refractivity contribution in [3.05, 3.63) is 42.0 Å². The van der Waals surface area contributed by atoms with Crippen LogP contribution in [0.15, 0.2) is 36.4 Å². The minimum atomic E-state index is -4.45. The number of unbranched alkanes of at least 4 members (excludes halogenated alkanes) is 1. The Morgan fingerprint density at radius 2 is 1.69 bits per heavy atom. The molecule has 0 saturated heterocycles. The molecule has 1 aliphatic rings. The summed E-state index contributed by atoms with van der Waals surface area (Å²) in [6, 6.07) is 4.56. The number of allylic oxidation sites excluding steroid dienone is 2. The Kier molecular flexibility index (Phi) is 12.9. The lowest BCUT2D eigenvalue weighted by Gasteiger charge is -2.24. The van der Waals surface area contributed by atoms with E-state index in [1.165, 1.54) is 12.1 Å². The molecule has 3 N–H and O–H groups in total. The third-order valence-corrected chi connectivity index (χ3v) is 5.75. The van der Waals surface area contributed by atoms with E-state index >= 15 is 0 Å². The van der Waals surface area contributed by atoms with Gasteiger partial charge in [-0.2, -0.15) is 13.2 Å². The predicted octanol–water partition coefficient (Wildman–Crippen LogP) is 5.75. The molecule has 1 fully saturated rings. The van der Waals surface area contributed by atoms with Crippen LogP contribution in [0.25, 0.3) is 0 Å². The van der Waals surface area contributed by atoms with E-state index in [0.29, 0.717) is 19.3 Å². The highest BCUT2D eigenvalue weighted by Crippen LogP contribution is 2.39. The minimum absolute atomic E-state index is 0.0251. The van der Waals surface area contributed by atoms with Crippen molar-refractivity contribution < 1.29 is 33.2 Å². The van der Waals surface area contributed by atoms with Crippen molar-refractivity contribution in [2.45, 2.75) is 90.2 Å². The third-order valence-electron chi connectivity index (χ3n) is 5.75. The zero-order valence-corrected chi connectivity index (χ0v) is 19.4. The quantitative estimate of drug-likeness (QED) is 0.368. The highest BCUT2D eigenvalue weighted by Gasteiger charge is 2.40. The van der Waals surface area contributed by atoms with E-state index in [-0.39, 0.29) is 24.2 Å². The summed E-state index contributed by atoms with van der Waals surface area (Å²) in [7, 11) is 0. The second-order valence-corrected chi connectivity index (χ2v) is 8.10. The Morgan fingerprint density at radius 3 is 2.31 bits per heavy atom. The Morgan fingerprint density at radius 1 is 1.06 bits per heavy atom. The highest BCUT2D eigenvalue weighted by atomic mass is 19.4. The molecule has 0 aromatic heterocycles. The van der Waals surface area contributed by atoms with Gasteiger partial charge in [-0.3, -0.25) is 0 Å². The van der Waals surface area contributed by atoms with Crippen LogP contribution in [0.1, 0.15) is 71.3 Å². The van der Waals surface area contributed by atoms with Gasteiger partial charge < -0.3 is 20.1 Å². The standard InChI is InChI=1S/C23H33F3O4.C2H6/c1-2-3-4-5-6-10-19-20(22(29)14-21(19)28)12-11-17(27)15-30-18-9-7-8-16(13-18)23(24,25)26;1-2/h4-5,7-9,13,17,19-22,27-29H,2-3,6,10-12,14-15H2,1H3;1-2H3/b5-4-;/t17?,19-,20-,21?,22?;/m1./s1. The molecule has 32 heavy (non-hydrogen) atoms. The summed E-state index contributed by atoms with van der Waals surface area (Å²) < 4.78 is 43.6. The number of ether oxygens (including phenoxy) is 1. The Bertz CT molecular complexity index is 663. The van der Waals surface area contributed by atoms with Crippen LogP contribution in [0.4, 0.5) is 13.2 Å². The van der Waals surface area contributed by atoms with Crippen LogP contribution in [-0.4, -0.2) is 40.2 Å². The van der Waals surface area contributed by atoms with Gasteiger partial charge in [-0.1, -0.05) is 45.4 Å². The van der Waals surface area contributed by atoms with Crippen LogP contribution in [-0.2, 0) is 6.18 Å². The number of halogens is 3. The average molecular weight is 461 g/mol. The van der Waals surface area contributed by atoms with Crippen LogP contribution in [0.5, 0.6) is 5.75 Å². The number of benzene rings is 1. The lowest BCUT2D eigenvalue weighted by atomic mass is 9.85. The first kappa shape index (κ1) is 28.5. The number of aliphatic hydroxyl groups is 3. The topological polar surface area (TPSA) is 69.9 Å². The molecule has 4 nitrogen and oxygen atoms in total. The Labute approximate surface area is 190 Å². The molecular weight excluding hydrogens is 421 g/mol. The molecule has 1 aromatic rings. The van der Waals surface area contributed by atoms with Crippen molar-refractivity contribution in [1.82, 2.24) is 0 Å². The summed E-state index contributed by atoms with van der Waals surface area (Å²) in [5, 5.41) is 30.8. The van der Waals surface area contributed by atoms with Gasteiger partial charge in [0.15, 0.2) is 0 Å². The van der Waals surface area contributed by atoms with E-state index in [1.807, 2.05) is 13.8 Å². The molecule has 5 atom stereocenters. The van der Waals surface area contributed by atoms with Crippen molar-refractivity contribution in [3.8, 4) is 5.75 Å². The van der Waals surface area contributed by atoms with Crippen molar-refractivity contribution >= 4 is 0 Å². The SMILES string of the molecule is CC.CCC/C=C\CC[C@H]1C(O)CC(O)[C@@H]1CCC(O)COc1cccc(C(F)(F)F)c1. The number of hydrogen-bond acceptors (Lipinski definition) is 4. The molecule has 184 valence electrons. The van der Waals surface area contributed by atoms with Gasteiger partial charge in [-0.15, -0.1) is 0 Å². The third kappa shape index (κ3) is 9.51. The van der Waals surface area contributed by atoms with Crippen molar-refractivity contribution in [3.63, 3.8) is 0 Å². The van der Waals surface area contributed by atoms with Gasteiger partial charge in [0.2, 0.25) is 0 Å². The summed E-state index contributed by atoms with van der Waals surface area (Å²) in [5.41, 5.74) is -0.798. The van der Waals surface area contributed by atoms with Gasteiger partial charge in [0.1, 0.15) is 12.4 Å². The number of rotatable bonds is 11. The van der Waals surface area contributed by atoms with Crippen LogP contribution in [0, 0.1) is 11.8 Å². The van der Waals surface area contributed by atoms with Crippen molar-refractivity contribution in [2.75, 3.05) is 6.61 Å². The maximum atomic E-state index is 12.8. The molecule has 3 unspecified atom stereocenters. The first-order valence-electron chi connectivity index (χ1n) is 11.7. The van der Waals surface area contributed by atoms with Gasteiger partial charge in [-0.25, -0.2) is 0 Å². The fourth-order valence-electron chi connectivity index (χ4n) is 4.09. The van der Waals surface area contributed by atoms with E-state index in [9.17, 15) is 28.5 Å². The largest absolute Gasteiger partial charge is 0.491 e. The fraction of sp³-hybridized carbons (Fsp3) is 0.680. The first-order valence-corrected chi connectivity index (χ1v) is 11.7. The first-order chi connectivity index (χ1) is 15.2. The summed E-state index contributed by atoms with van der Waals surface area (Å²) in [6.07, 6.45) is 2.69. The second kappa shape index (κ2) is 14.6. The molecule has 1 aromatic carbocycles. The van der Waals surface area contributed by atoms with E-state index in [2.05, 4.69) is 19.1 Å². The fourth-order valence-corrected chi connectivity index (χ4v) is 4.09. The highest BCUT2D eigenvalue weighted by molar-refractivity contribution is 5.30. The zero-order valence-electron chi connectivity index (χ0n) is 19.4. The lowest BCUT2D eigenvalue weighted by molar-refractivity contribution is -0.137. The maximum absolute atomic E-state index is 12.8. The summed E-state index contributed by atoms with van der Waals surface area (Å²) in [4.78, 5) is 0. The smallest absolute Gasteiger partial charge is 0.416 e.